The molecule has 0 saturated heterocycles. The van der Waals surface area contributed by atoms with Crippen LogP contribution in [0.15, 0.2) is 12.3 Å². The van der Waals surface area contributed by atoms with E-state index in [2.05, 4.69) is 17.2 Å². The minimum Gasteiger partial charge on any atom is -0.371 e. The van der Waals surface area contributed by atoms with Crippen molar-refractivity contribution in [2.45, 2.75) is 46.1 Å². The van der Waals surface area contributed by atoms with Gasteiger partial charge in [-0.3, -0.25) is 4.79 Å². The number of aromatic nitrogens is 1. The summed E-state index contributed by atoms with van der Waals surface area (Å²) >= 11 is 0. The summed E-state index contributed by atoms with van der Waals surface area (Å²) in [6, 6.07) is 1.48. The monoisotopic (exact) mass is 281 g/mol. The van der Waals surface area contributed by atoms with Gasteiger partial charge in [-0.05, 0) is 26.3 Å². The van der Waals surface area contributed by atoms with E-state index >= 15 is 0 Å². The molecule has 1 rings (SSSR count). The molecule has 1 aromatic heterocycles. The number of carbonyl (C=O) groups is 1. The van der Waals surface area contributed by atoms with Gasteiger partial charge in [-0.15, -0.1) is 0 Å². The van der Waals surface area contributed by atoms with E-state index in [1.165, 1.54) is 12.3 Å². The first-order chi connectivity index (χ1) is 9.52. The van der Waals surface area contributed by atoms with Gasteiger partial charge in [0.15, 0.2) is 11.6 Å². The van der Waals surface area contributed by atoms with E-state index in [1.54, 1.807) is 11.9 Å². The Bertz CT molecular complexity index is 449. The molecule has 20 heavy (non-hydrogen) atoms. The Morgan fingerprint density at radius 1 is 1.45 bits per heavy atom. The van der Waals surface area contributed by atoms with E-state index in [9.17, 15) is 9.18 Å². The maximum atomic E-state index is 14.2. The predicted octanol–water partition coefficient (Wildman–Crippen LogP) is 3.30. The van der Waals surface area contributed by atoms with E-state index in [0.717, 1.165) is 19.3 Å². The summed E-state index contributed by atoms with van der Waals surface area (Å²) in [5.74, 6) is -0.748. The lowest BCUT2D eigenvalue weighted by Gasteiger charge is -2.27. The molecule has 0 radical (unpaired) electrons. The fraction of sp³-hybridized carbons (Fsp3) is 0.600. The number of hydrogen-bond acceptors (Lipinski definition) is 3. The third-order valence-electron chi connectivity index (χ3n) is 3.24. The fourth-order valence-corrected chi connectivity index (χ4v) is 2.06. The highest BCUT2D eigenvalue weighted by atomic mass is 19.1. The molecule has 0 bridgehead atoms. The lowest BCUT2D eigenvalue weighted by atomic mass is 10.1. The first kappa shape index (κ1) is 16.4. The zero-order valence-corrected chi connectivity index (χ0v) is 12.7. The first-order valence-electron chi connectivity index (χ1n) is 7.16. The van der Waals surface area contributed by atoms with Gasteiger partial charge in [-0.25, -0.2) is 9.37 Å². The summed E-state index contributed by atoms with van der Waals surface area (Å²) in [5, 5.41) is 2.65. The van der Waals surface area contributed by atoms with Crippen molar-refractivity contribution in [2.75, 3.05) is 18.9 Å². The Balaban J connectivity index is 2.94. The van der Waals surface area contributed by atoms with Gasteiger partial charge < -0.3 is 10.2 Å². The number of carbonyl (C=O) groups excluding carboxylic acids is 1. The van der Waals surface area contributed by atoms with E-state index < -0.39 is 5.82 Å². The summed E-state index contributed by atoms with van der Waals surface area (Å²) in [5.41, 5.74) is 0.0783. The second-order valence-electron chi connectivity index (χ2n) is 5.07. The number of nitrogens with one attached hydrogen (secondary N) is 1. The minimum atomic E-state index is -0.582. The van der Waals surface area contributed by atoms with Crippen molar-refractivity contribution >= 4 is 11.7 Å². The van der Waals surface area contributed by atoms with Crippen LogP contribution >= 0.6 is 0 Å². The van der Waals surface area contributed by atoms with Crippen LogP contribution in [0.5, 0.6) is 0 Å². The quantitative estimate of drug-likeness (QED) is 0.780. The van der Waals surface area contributed by atoms with Gasteiger partial charge in [0.1, 0.15) is 0 Å². The summed E-state index contributed by atoms with van der Waals surface area (Å²) in [6.07, 6.45) is 4.55. The number of anilines is 1. The number of nitrogens with zero attached hydrogens (tertiary/aromatic N) is 2. The van der Waals surface area contributed by atoms with Crippen molar-refractivity contribution in [1.82, 2.24) is 9.88 Å². The van der Waals surface area contributed by atoms with E-state index in [0.29, 0.717) is 6.54 Å². The zero-order valence-electron chi connectivity index (χ0n) is 12.7. The zero-order chi connectivity index (χ0) is 15.1. The average molecular weight is 281 g/mol. The molecule has 0 aliphatic rings. The topological polar surface area (TPSA) is 45.2 Å². The molecular weight excluding hydrogens is 257 g/mol. The Morgan fingerprint density at radius 3 is 2.70 bits per heavy atom. The van der Waals surface area contributed by atoms with Crippen LogP contribution in [-0.4, -0.2) is 35.4 Å². The Labute approximate surface area is 120 Å². The van der Waals surface area contributed by atoms with Crippen molar-refractivity contribution < 1.29 is 9.18 Å². The van der Waals surface area contributed by atoms with Crippen LogP contribution < -0.4 is 5.32 Å². The van der Waals surface area contributed by atoms with Gasteiger partial charge in [0.05, 0.1) is 5.56 Å². The number of amides is 1. The molecule has 5 heteroatoms. The van der Waals surface area contributed by atoms with Crippen LogP contribution in [0.2, 0.25) is 0 Å². The molecule has 0 aliphatic heterocycles. The van der Waals surface area contributed by atoms with Crippen LogP contribution in [0, 0.1) is 5.82 Å². The third-order valence-corrected chi connectivity index (χ3v) is 3.24. The van der Waals surface area contributed by atoms with Gasteiger partial charge in [0.25, 0.3) is 5.91 Å². The molecule has 0 fully saturated rings. The normalized spacial score (nSPS) is 10.7. The summed E-state index contributed by atoms with van der Waals surface area (Å²) < 4.78 is 14.2. The summed E-state index contributed by atoms with van der Waals surface area (Å²) in [4.78, 5) is 18.1. The van der Waals surface area contributed by atoms with Gasteiger partial charge >= 0.3 is 0 Å². The molecule has 4 nitrogen and oxygen atoms in total. The maximum Gasteiger partial charge on any atom is 0.257 e. The molecular formula is C15H24FN3O. The number of halogens is 1. The molecule has 1 aromatic rings. The number of unbranched alkanes of at least 4 members (excludes halogenated alkanes) is 2. The van der Waals surface area contributed by atoms with E-state index in [1.807, 2.05) is 13.8 Å². The van der Waals surface area contributed by atoms with Crippen molar-refractivity contribution in [3.05, 3.63) is 23.6 Å². The summed E-state index contributed by atoms with van der Waals surface area (Å²) in [7, 11) is 1.58. The summed E-state index contributed by atoms with van der Waals surface area (Å²) in [6.45, 7) is 6.66. The van der Waals surface area contributed by atoms with Crippen molar-refractivity contribution in [2.24, 2.45) is 0 Å². The number of pyridine rings is 1. The predicted molar refractivity (Wildman–Crippen MR) is 79.4 cm³/mol. The molecule has 1 N–H and O–H groups in total. The number of rotatable bonds is 7. The van der Waals surface area contributed by atoms with Gasteiger partial charge in [0, 0.05) is 25.8 Å². The molecule has 0 saturated carbocycles. The second kappa shape index (κ2) is 7.82. The van der Waals surface area contributed by atoms with E-state index in [4.69, 9.17) is 0 Å². The Kier molecular flexibility index (Phi) is 6.42. The molecule has 0 aromatic carbocycles. The smallest absolute Gasteiger partial charge is 0.257 e. The van der Waals surface area contributed by atoms with Crippen molar-refractivity contribution in [1.29, 1.82) is 0 Å². The van der Waals surface area contributed by atoms with Gasteiger partial charge in [0.2, 0.25) is 0 Å². The lowest BCUT2D eigenvalue weighted by Crippen LogP contribution is -2.38. The molecule has 112 valence electrons. The highest BCUT2D eigenvalue weighted by Gasteiger charge is 2.23. The van der Waals surface area contributed by atoms with Crippen LogP contribution in [0.3, 0.4) is 0 Å². The third kappa shape index (κ3) is 3.92. The molecule has 0 atom stereocenters. The average Bonchev–Trinajstić information content (AvgIpc) is 2.43. The molecule has 0 unspecified atom stereocenters. The molecule has 0 spiro atoms. The van der Waals surface area contributed by atoms with Crippen LogP contribution in [0.4, 0.5) is 10.2 Å². The molecule has 1 heterocycles. The largest absolute Gasteiger partial charge is 0.371 e. The van der Waals surface area contributed by atoms with Gasteiger partial charge in [-0.1, -0.05) is 19.8 Å². The van der Waals surface area contributed by atoms with Gasteiger partial charge in [-0.2, -0.15) is 0 Å². The standard InChI is InChI=1S/C15H24FN3O/c1-5-6-7-10-19(11(2)3)15(20)12-8-9-18-14(17-4)13(12)16/h8-9,11H,5-7,10H2,1-4H3,(H,17,18). The lowest BCUT2D eigenvalue weighted by molar-refractivity contribution is 0.0697. The Morgan fingerprint density at radius 2 is 2.15 bits per heavy atom. The molecule has 1 amide bonds. The SMILES string of the molecule is CCCCCN(C(=O)c1ccnc(NC)c1F)C(C)C. The number of hydrogen-bond donors (Lipinski definition) is 1. The van der Waals surface area contributed by atoms with Crippen LogP contribution in [0.25, 0.3) is 0 Å². The first-order valence-corrected chi connectivity index (χ1v) is 7.16. The fourth-order valence-electron chi connectivity index (χ4n) is 2.06. The highest BCUT2D eigenvalue weighted by Crippen LogP contribution is 2.18. The maximum absolute atomic E-state index is 14.2. The van der Waals surface area contributed by atoms with Crippen molar-refractivity contribution in [3.63, 3.8) is 0 Å². The van der Waals surface area contributed by atoms with Crippen LogP contribution in [0.1, 0.15) is 50.4 Å². The second-order valence-corrected chi connectivity index (χ2v) is 5.07. The highest BCUT2D eigenvalue weighted by molar-refractivity contribution is 5.95. The Hall–Kier alpha value is -1.65. The van der Waals surface area contributed by atoms with Crippen molar-refractivity contribution in [3.8, 4) is 0 Å². The minimum absolute atomic E-state index is 0.0463. The van der Waals surface area contributed by atoms with Crippen LogP contribution in [-0.2, 0) is 0 Å². The van der Waals surface area contributed by atoms with E-state index in [-0.39, 0.29) is 23.3 Å². The molecule has 0 aliphatic carbocycles.